The molecule has 2 amide bonds. The van der Waals surface area contributed by atoms with Crippen LogP contribution in [-0.2, 0) is 4.84 Å². The zero-order valence-electron chi connectivity index (χ0n) is 19.6. The van der Waals surface area contributed by atoms with Crippen LogP contribution in [-0.4, -0.2) is 34.7 Å². The number of rotatable bonds is 4. The summed E-state index contributed by atoms with van der Waals surface area (Å²) in [6.45, 7) is 5.44. The predicted octanol–water partition coefficient (Wildman–Crippen LogP) is 7.34. The molecule has 3 aromatic rings. The molecular formula is C26H26Cl2N4O2S. The van der Waals surface area contributed by atoms with Crippen LogP contribution in [0.3, 0.4) is 0 Å². The van der Waals surface area contributed by atoms with Crippen LogP contribution in [0.25, 0.3) is 0 Å². The van der Waals surface area contributed by atoms with E-state index in [1.807, 2.05) is 48.4 Å². The lowest BCUT2D eigenvalue weighted by molar-refractivity contribution is 0.0859. The third-order valence-corrected chi connectivity index (χ3v) is 8.24. The lowest BCUT2D eigenvalue weighted by atomic mass is 9.97. The summed E-state index contributed by atoms with van der Waals surface area (Å²) in [6, 6.07) is 11.5. The van der Waals surface area contributed by atoms with Gasteiger partial charge >= 0.3 is 6.03 Å². The highest BCUT2D eigenvalue weighted by Gasteiger charge is 2.30. The summed E-state index contributed by atoms with van der Waals surface area (Å²) in [6.07, 6.45) is 2.03. The lowest BCUT2D eigenvalue weighted by Gasteiger charge is -2.31. The molecule has 0 spiro atoms. The number of anilines is 1. The van der Waals surface area contributed by atoms with Crippen molar-refractivity contribution in [3.63, 3.8) is 0 Å². The van der Waals surface area contributed by atoms with E-state index in [1.165, 1.54) is 0 Å². The average molecular weight is 529 g/mol. The molecule has 1 saturated heterocycles. The Morgan fingerprint density at radius 1 is 1.14 bits per heavy atom. The second kappa shape index (κ2) is 10.2. The molecule has 1 fully saturated rings. The maximum Gasteiger partial charge on any atom is 0.321 e. The molecule has 0 saturated carbocycles. The van der Waals surface area contributed by atoms with E-state index >= 15 is 0 Å². The van der Waals surface area contributed by atoms with Gasteiger partial charge in [-0.15, -0.1) is 11.3 Å². The van der Waals surface area contributed by atoms with Crippen molar-refractivity contribution >= 4 is 52.0 Å². The number of piperidine rings is 1. The fourth-order valence-corrected chi connectivity index (χ4v) is 6.14. The summed E-state index contributed by atoms with van der Waals surface area (Å²) < 4.78 is 0. The first kappa shape index (κ1) is 24.1. The molecule has 9 heteroatoms. The minimum atomic E-state index is -0.310. The highest BCUT2D eigenvalue weighted by Crippen LogP contribution is 2.39. The van der Waals surface area contributed by atoms with Gasteiger partial charge in [0.1, 0.15) is 5.71 Å². The summed E-state index contributed by atoms with van der Waals surface area (Å²) in [5.74, 6) is 0.329. The Labute approximate surface area is 218 Å². The van der Waals surface area contributed by atoms with Gasteiger partial charge in [0.25, 0.3) is 0 Å². The minimum Gasteiger partial charge on any atom is -0.387 e. The van der Waals surface area contributed by atoms with E-state index in [4.69, 9.17) is 33.0 Å². The summed E-state index contributed by atoms with van der Waals surface area (Å²) >= 11 is 14.3. The van der Waals surface area contributed by atoms with Crippen molar-refractivity contribution in [3.05, 3.63) is 79.2 Å². The highest BCUT2D eigenvalue weighted by molar-refractivity contribution is 7.10. The van der Waals surface area contributed by atoms with Crippen LogP contribution in [0.1, 0.15) is 58.7 Å². The maximum atomic E-state index is 12.8. The number of amides is 2. The molecule has 1 N–H and O–H groups in total. The van der Waals surface area contributed by atoms with Gasteiger partial charge in [-0.05, 0) is 56.0 Å². The van der Waals surface area contributed by atoms with Crippen LogP contribution in [0.4, 0.5) is 10.5 Å². The first-order valence-corrected chi connectivity index (χ1v) is 13.3. The second-order valence-corrected chi connectivity index (χ2v) is 10.8. The number of benzene rings is 2. The molecule has 0 aliphatic carbocycles. The Balaban J connectivity index is 1.18. The van der Waals surface area contributed by atoms with E-state index in [-0.39, 0.29) is 12.1 Å². The van der Waals surface area contributed by atoms with Crippen molar-refractivity contribution in [3.8, 4) is 0 Å². The molecule has 1 atom stereocenters. The third kappa shape index (κ3) is 5.17. The third-order valence-electron chi connectivity index (χ3n) is 6.57. The number of hydrogen-bond acceptors (Lipinski definition) is 5. The number of aryl methyl sites for hydroxylation is 2. The van der Waals surface area contributed by atoms with Crippen LogP contribution < -0.4 is 5.32 Å². The van der Waals surface area contributed by atoms with Gasteiger partial charge in [0.2, 0.25) is 0 Å². The number of hydrogen-bond donors (Lipinski definition) is 1. The van der Waals surface area contributed by atoms with Crippen LogP contribution in [0, 0.1) is 13.8 Å². The Bertz CT molecular complexity index is 1260. The van der Waals surface area contributed by atoms with Gasteiger partial charge in [-0.1, -0.05) is 46.6 Å². The fraction of sp³-hybridized carbons (Fsp3) is 0.346. The molecule has 3 heterocycles. The van der Waals surface area contributed by atoms with E-state index in [9.17, 15) is 4.79 Å². The van der Waals surface area contributed by atoms with E-state index in [2.05, 4.69) is 10.5 Å². The number of halogens is 2. The minimum absolute atomic E-state index is 0.0429. The Morgan fingerprint density at radius 2 is 1.89 bits per heavy atom. The van der Waals surface area contributed by atoms with Crippen LogP contribution >= 0.6 is 34.5 Å². The predicted molar refractivity (Wildman–Crippen MR) is 142 cm³/mol. The molecule has 5 rings (SSSR count). The monoisotopic (exact) mass is 528 g/mol. The van der Waals surface area contributed by atoms with Gasteiger partial charge in [-0.25, -0.2) is 9.78 Å². The largest absolute Gasteiger partial charge is 0.387 e. The topological polar surface area (TPSA) is 66.8 Å². The SMILES string of the molecule is Cc1ccc(C)c(NC(=O)N2CCC(c3nc(C4=NO[C@@H](c5c(Cl)cccc5Cl)C4)cs3)CC2)c1. The van der Waals surface area contributed by atoms with Crippen molar-refractivity contribution in [2.45, 2.75) is 45.1 Å². The molecule has 1 aromatic heterocycles. The molecule has 2 aliphatic rings. The molecule has 35 heavy (non-hydrogen) atoms. The van der Waals surface area contributed by atoms with Gasteiger partial charge in [-0.2, -0.15) is 0 Å². The highest BCUT2D eigenvalue weighted by atomic mass is 35.5. The molecule has 0 radical (unpaired) electrons. The van der Waals surface area contributed by atoms with Gasteiger partial charge in [0.05, 0.1) is 10.7 Å². The molecular weight excluding hydrogens is 503 g/mol. The van der Waals surface area contributed by atoms with Gasteiger partial charge in [0, 0.05) is 52.1 Å². The molecule has 2 aromatic carbocycles. The number of thiazole rings is 1. The Kier molecular flexibility index (Phi) is 7.00. The lowest BCUT2D eigenvalue weighted by Crippen LogP contribution is -2.40. The van der Waals surface area contributed by atoms with Crippen LogP contribution in [0.5, 0.6) is 0 Å². The fourth-order valence-electron chi connectivity index (χ4n) is 4.50. The van der Waals surface area contributed by atoms with Crippen molar-refractivity contribution in [1.29, 1.82) is 0 Å². The Hall–Kier alpha value is -2.61. The van der Waals surface area contributed by atoms with Crippen molar-refractivity contribution < 1.29 is 9.63 Å². The number of carbonyl (C=O) groups excluding carboxylic acids is 1. The molecule has 2 aliphatic heterocycles. The number of nitrogens with zero attached hydrogens (tertiary/aromatic N) is 3. The Morgan fingerprint density at radius 3 is 2.63 bits per heavy atom. The van der Waals surface area contributed by atoms with Gasteiger partial charge < -0.3 is 15.1 Å². The van der Waals surface area contributed by atoms with Gasteiger partial charge in [-0.3, -0.25) is 0 Å². The second-order valence-electron chi connectivity index (χ2n) is 9.05. The maximum absolute atomic E-state index is 12.8. The van der Waals surface area contributed by atoms with Crippen LogP contribution in [0.15, 0.2) is 46.9 Å². The number of carbonyl (C=O) groups is 1. The van der Waals surface area contributed by atoms with Crippen LogP contribution in [0.2, 0.25) is 10.0 Å². The molecule has 0 unspecified atom stereocenters. The van der Waals surface area contributed by atoms with Crippen molar-refractivity contribution in [2.24, 2.45) is 5.16 Å². The van der Waals surface area contributed by atoms with E-state index in [1.54, 1.807) is 23.5 Å². The smallest absolute Gasteiger partial charge is 0.321 e. The number of nitrogens with one attached hydrogen (secondary N) is 1. The van der Waals surface area contributed by atoms with E-state index in [0.29, 0.717) is 35.5 Å². The van der Waals surface area contributed by atoms with Crippen molar-refractivity contribution in [2.75, 3.05) is 18.4 Å². The number of oxime groups is 1. The molecule has 182 valence electrons. The van der Waals surface area contributed by atoms with E-state index in [0.717, 1.165) is 51.6 Å². The standard InChI is InChI=1S/C26H26Cl2N4O2S/c1-15-6-7-16(2)20(12-15)30-26(33)32-10-8-17(9-11-32)25-29-22(14-35-25)21-13-23(34-31-21)24-18(27)4-3-5-19(24)28/h3-7,12,14,17,23H,8-11,13H2,1-2H3,(H,30,33)/t23-/m1/s1. The average Bonchev–Trinajstić information content (AvgIpc) is 3.52. The van der Waals surface area contributed by atoms with E-state index < -0.39 is 0 Å². The first-order valence-electron chi connectivity index (χ1n) is 11.6. The summed E-state index contributed by atoms with van der Waals surface area (Å²) in [4.78, 5) is 25.2. The molecule has 6 nitrogen and oxygen atoms in total. The summed E-state index contributed by atoms with van der Waals surface area (Å²) in [5.41, 5.74) is 5.47. The number of likely N-dealkylation sites (tertiary alicyclic amines) is 1. The summed E-state index contributed by atoms with van der Waals surface area (Å²) in [7, 11) is 0. The quantitative estimate of drug-likeness (QED) is 0.385. The van der Waals surface area contributed by atoms with Crippen molar-refractivity contribution in [1.82, 2.24) is 9.88 Å². The zero-order chi connectivity index (χ0) is 24.5. The van der Waals surface area contributed by atoms with Gasteiger partial charge in [0.15, 0.2) is 6.10 Å². The summed E-state index contributed by atoms with van der Waals surface area (Å²) in [5, 5.41) is 11.6. The number of urea groups is 1. The number of aromatic nitrogens is 1. The molecule has 0 bridgehead atoms. The first-order chi connectivity index (χ1) is 16.9. The zero-order valence-corrected chi connectivity index (χ0v) is 21.9. The normalized spacial score (nSPS) is 18.3.